The van der Waals surface area contributed by atoms with Crippen LogP contribution in [-0.4, -0.2) is 36.0 Å². The quantitative estimate of drug-likeness (QED) is 0.538. The number of rotatable bonds is 8. The van der Waals surface area contributed by atoms with Crippen molar-refractivity contribution in [1.29, 1.82) is 0 Å². The molecule has 18 heavy (non-hydrogen) atoms. The predicted molar refractivity (Wildman–Crippen MR) is 75.8 cm³/mol. The molecular formula is C13H22ClN3O. The normalized spacial score (nSPS) is 10.4. The minimum absolute atomic E-state index is 0.620. The lowest BCUT2D eigenvalue weighted by atomic mass is 10.2. The number of alkyl halides is 1. The number of halogens is 1. The summed E-state index contributed by atoms with van der Waals surface area (Å²) in [6, 6.07) is 1.86. The van der Waals surface area contributed by atoms with Crippen molar-refractivity contribution in [2.45, 2.75) is 33.1 Å². The molecule has 1 heterocycles. The van der Waals surface area contributed by atoms with Crippen molar-refractivity contribution in [3.63, 3.8) is 0 Å². The molecule has 0 saturated heterocycles. The van der Waals surface area contributed by atoms with E-state index in [1.165, 1.54) is 0 Å². The third-order valence-corrected chi connectivity index (χ3v) is 2.85. The van der Waals surface area contributed by atoms with Gasteiger partial charge < -0.3 is 9.64 Å². The van der Waals surface area contributed by atoms with Crippen LogP contribution < -0.4 is 9.64 Å². The van der Waals surface area contributed by atoms with Crippen LogP contribution in [0.3, 0.4) is 0 Å². The Hall–Kier alpha value is -1.03. The van der Waals surface area contributed by atoms with Gasteiger partial charge in [-0.1, -0.05) is 6.42 Å². The van der Waals surface area contributed by atoms with E-state index in [1.807, 2.05) is 27.0 Å². The fourth-order valence-electron chi connectivity index (χ4n) is 1.64. The van der Waals surface area contributed by atoms with Gasteiger partial charge in [-0.15, -0.1) is 11.6 Å². The lowest BCUT2D eigenvalue weighted by Gasteiger charge is -2.18. The third kappa shape index (κ3) is 5.08. The SMILES string of the molecule is CCOc1cc(C)nc(N(C)CCCCCCl)n1. The summed E-state index contributed by atoms with van der Waals surface area (Å²) < 4.78 is 5.43. The minimum Gasteiger partial charge on any atom is -0.478 e. The van der Waals surface area contributed by atoms with Crippen LogP contribution in [-0.2, 0) is 0 Å². The number of hydrogen-bond acceptors (Lipinski definition) is 4. The smallest absolute Gasteiger partial charge is 0.228 e. The lowest BCUT2D eigenvalue weighted by Crippen LogP contribution is -2.21. The summed E-state index contributed by atoms with van der Waals surface area (Å²) in [6.07, 6.45) is 3.30. The Bertz CT molecular complexity index is 360. The molecule has 0 aliphatic rings. The molecular weight excluding hydrogens is 250 g/mol. The maximum Gasteiger partial charge on any atom is 0.228 e. The molecule has 0 fully saturated rings. The van der Waals surface area contributed by atoms with Crippen molar-refractivity contribution < 1.29 is 4.74 Å². The molecule has 0 aliphatic carbocycles. The molecule has 0 bridgehead atoms. The van der Waals surface area contributed by atoms with Gasteiger partial charge in [0.05, 0.1) is 6.61 Å². The number of aryl methyl sites for hydroxylation is 1. The van der Waals surface area contributed by atoms with Gasteiger partial charge in [-0.05, 0) is 26.7 Å². The Kier molecular flexibility index (Phi) is 6.80. The van der Waals surface area contributed by atoms with Gasteiger partial charge in [0, 0.05) is 31.2 Å². The Labute approximate surface area is 114 Å². The largest absolute Gasteiger partial charge is 0.478 e. The molecule has 0 aromatic carbocycles. The maximum absolute atomic E-state index is 5.66. The first-order chi connectivity index (χ1) is 8.67. The number of nitrogens with zero attached hydrogens (tertiary/aromatic N) is 3. The molecule has 0 N–H and O–H groups in total. The Balaban J connectivity index is 2.58. The van der Waals surface area contributed by atoms with E-state index >= 15 is 0 Å². The van der Waals surface area contributed by atoms with Crippen molar-refractivity contribution in [3.05, 3.63) is 11.8 Å². The van der Waals surface area contributed by atoms with Crippen molar-refractivity contribution in [1.82, 2.24) is 9.97 Å². The van der Waals surface area contributed by atoms with Crippen molar-refractivity contribution in [2.24, 2.45) is 0 Å². The van der Waals surface area contributed by atoms with E-state index in [4.69, 9.17) is 16.3 Å². The minimum atomic E-state index is 0.620. The molecule has 1 rings (SSSR count). The zero-order valence-electron chi connectivity index (χ0n) is 11.4. The van der Waals surface area contributed by atoms with Crippen LogP contribution in [0.2, 0.25) is 0 Å². The molecule has 0 atom stereocenters. The van der Waals surface area contributed by atoms with Crippen molar-refractivity contribution in [2.75, 3.05) is 31.0 Å². The molecule has 0 radical (unpaired) electrons. The second kappa shape index (κ2) is 8.14. The van der Waals surface area contributed by atoms with Crippen molar-refractivity contribution >= 4 is 17.5 Å². The molecule has 0 spiro atoms. The Morgan fingerprint density at radius 2 is 2.06 bits per heavy atom. The molecule has 0 aliphatic heterocycles. The topological polar surface area (TPSA) is 38.2 Å². The van der Waals surface area contributed by atoms with E-state index in [1.54, 1.807) is 0 Å². The van der Waals surface area contributed by atoms with Gasteiger partial charge in [-0.3, -0.25) is 0 Å². The first kappa shape index (κ1) is 15.0. The third-order valence-electron chi connectivity index (χ3n) is 2.58. The second-order valence-corrected chi connectivity index (χ2v) is 4.63. The van der Waals surface area contributed by atoms with Crippen LogP contribution in [0.15, 0.2) is 6.07 Å². The molecule has 4 nitrogen and oxygen atoms in total. The highest BCUT2D eigenvalue weighted by atomic mass is 35.5. The average molecular weight is 272 g/mol. The first-order valence-corrected chi connectivity index (χ1v) is 6.96. The standard InChI is InChI=1S/C13H22ClN3O/c1-4-18-12-10-11(2)15-13(16-12)17(3)9-7-5-6-8-14/h10H,4-9H2,1-3H3. The van der Waals surface area contributed by atoms with Gasteiger partial charge in [0.25, 0.3) is 0 Å². The van der Waals surface area contributed by atoms with Gasteiger partial charge in [-0.25, -0.2) is 4.98 Å². The fourth-order valence-corrected chi connectivity index (χ4v) is 1.83. The van der Waals surface area contributed by atoms with E-state index < -0.39 is 0 Å². The summed E-state index contributed by atoms with van der Waals surface area (Å²) in [5.74, 6) is 2.11. The van der Waals surface area contributed by atoms with Crippen LogP contribution >= 0.6 is 11.6 Å². The summed E-state index contributed by atoms with van der Waals surface area (Å²) in [5, 5.41) is 0. The van der Waals surface area contributed by atoms with Gasteiger partial charge in [0.1, 0.15) is 0 Å². The van der Waals surface area contributed by atoms with E-state index in [-0.39, 0.29) is 0 Å². The van der Waals surface area contributed by atoms with Crippen LogP contribution in [0.5, 0.6) is 5.88 Å². The summed E-state index contributed by atoms with van der Waals surface area (Å²) >= 11 is 5.66. The highest BCUT2D eigenvalue weighted by Gasteiger charge is 2.07. The number of aromatic nitrogens is 2. The molecule has 0 amide bonds. The zero-order valence-corrected chi connectivity index (χ0v) is 12.2. The zero-order chi connectivity index (χ0) is 13.4. The average Bonchev–Trinajstić information content (AvgIpc) is 2.34. The molecule has 5 heteroatoms. The van der Waals surface area contributed by atoms with Gasteiger partial charge in [-0.2, -0.15) is 4.98 Å². The van der Waals surface area contributed by atoms with Crippen LogP contribution in [0.25, 0.3) is 0 Å². The number of unbranched alkanes of at least 4 members (excludes halogenated alkanes) is 2. The summed E-state index contributed by atoms with van der Waals surface area (Å²) in [7, 11) is 2.01. The van der Waals surface area contributed by atoms with Crippen LogP contribution in [0, 0.1) is 6.92 Å². The maximum atomic E-state index is 5.66. The van der Waals surface area contributed by atoms with E-state index in [9.17, 15) is 0 Å². The molecule has 102 valence electrons. The Morgan fingerprint density at radius 3 is 2.72 bits per heavy atom. The second-order valence-electron chi connectivity index (χ2n) is 4.25. The van der Waals surface area contributed by atoms with E-state index in [0.29, 0.717) is 12.5 Å². The Morgan fingerprint density at radius 1 is 1.28 bits per heavy atom. The highest BCUT2D eigenvalue weighted by Crippen LogP contribution is 2.15. The highest BCUT2D eigenvalue weighted by molar-refractivity contribution is 6.17. The number of hydrogen-bond donors (Lipinski definition) is 0. The number of anilines is 1. The summed E-state index contributed by atoms with van der Waals surface area (Å²) in [4.78, 5) is 10.9. The molecule has 0 unspecified atom stereocenters. The van der Waals surface area contributed by atoms with Crippen LogP contribution in [0.1, 0.15) is 31.9 Å². The van der Waals surface area contributed by atoms with Crippen molar-refractivity contribution in [3.8, 4) is 5.88 Å². The van der Waals surface area contributed by atoms with Gasteiger partial charge in [0.15, 0.2) is 0 Å². The molecule has 1 aromatic rings. The first-order valence-electron chi connectivity index (χ1n) is 6.43. The lowest BCUT2D eigenvalue weighted by molar-refractivity contribution is 0.326. The van der Waals surface area contributed by atoms with E-state index in [0.717, 1.165) is 43.3 Å². The monoisotopic (exact) mass is 271 g/mol. The fraction of sp³-hybridized carbons (Fsp3) is 0.692. The molecule has 0 saturated carbocycles. The van der Waals surface area contributed by atoms with Gasteiger partial charge >= 0.3 is 0 Å². The summed E-state index contributed by atoms with van der Waals surface area (Å²) in [5.41, 5.74) is 0.927. The van der Waals surface area contributed by atoms with Crippen LogP contribution in [0.4, 0.5) is 5.95 Å². The predicted octanol–water partition coefficient (Wildman–Crippen LogP) is 3.03. The number of ether oxygens (including phenoxy) is 1. The van der Waals surface area contributed by atoms with Gasteiger partial charge in [0.2, 0.25) is 11.8 Å². The molecule has 1 aromatic heterocycles. The summed E-state index contributed by atoms with van der Waals surface area (Å²) in [6.45, 7) is 5.46. The van der Waals surface area contributed by atoms with E-state index in [2.05, 4.69) is 14.9 Å².